The Morgan fingerprint density at radius 1 is 1.24 bits per heavy atom. The van der Waals surface area contributed by atoms with Crippen molar-refractivity contribution in [2.24, 2.45) is 11.8 Å². The van der Waals surface area contributed by atoms with Gasteiger partial charge in [0.25, 0.3) is 0 Å². The fourth-order valence-electron chi connectivity index (χ4n) is 3.49. The molecular formula is C22H27NO4S2. The number of thiol groups is 1. The van der Waals surface area contributed by atoms with Gasteiger partial charge >= 0.3 is 5.97 Å². The highest BCUT2D eigenvalue weighted by Gasteiger charge is 2.27. The van der Waals surface area contributed by atoms with Crippen LogP contribution in [0.2, 0.25) is 0 Å². The van der Waals surface area contributed by atoms with Gasteiger partial charge in [0.2, 0.25) is 5.91 Å². The predicted octanol–water partition coefficient (Wildman–Crippen LogP) is 3.75. The Hall–Kier alpha value is -1.83. The van der Waals surface area contributed by atoms with Crippen LogP contribution in [0.4, 0.5) is 0 Å². The average molecular weight is 434 g/mol. The largest absolute Gasteiger partial charge is 0.479 e. The molecule has 1 aromatic heterocycles. The Kier molecular flexibility index (Phi) is 8.15. The van der Waals surface area contributed by atoms with Crippen LogP contribution < -0.4 is 5.32 Å². The van der Waals surface area contributed by atoms with Crippen LogP contribution in [0.15, 0.2) is 42.5 Å². The van der Waals surface area contributed by atoms with E-state index in [-0.39, 0.29) is 11.8 Å². The molecule has 1 aliphatic rings. The number of hydrogen-bond acceptors (Lipinski definition) is 5. The van der Waals surface area contributed by atoms with E-state index >= 15 is 0 Å². The average Bonchev–Trinajstić information content (AvgIpc) is 3.40. The summed E-state index contributed by atoms with van der Waals surface area (Å²) in [6.07, 6.45) is 3.31. The second kappa shape index (κ2) is 10.8. The lowest BCUT2D eigenvalue weighted by Gasteiger charge is -2.18. The third-order valence-corrected chi connectivity index (χ3v) is 6.84. The minimum Gasteiger partial charge on any atom is -0.479 e. The first-order valence-electron chi connectivity index (χ1n) is 9.91. The number of carboxylic acid groups (broad SMARTS) is 1. The maximum Gasteiger partial charge on any atom is 0.331 e. The lowest BCUT2D eigenvalue weighted by atomic mass is 9.99. The summed E-state index contributed by atoms with van der Waals surface area (Å²) in [5.74, 6) is -0.775. The van der Waals surface area contributed by atoms with Crippen molar-refractivity contribution in [3.63, 3.8) is 0 Å². The minimum absolute atomic E-state index is 0.262. The number of thiophene rings is 1. The maximum absolute atomic E-state index is 12.7. The van der Waals surface area contributed by atoms with Crippen molar-refractivity contribution in [1.82, 2.24) is 5.32 Å². The van der Waals surface area contributed by atoms with Gasteiger partial charge < -0.3 is 15.2 Å². The van der Waals surface area contributed by atoms with Crippen molar-refractivity contribution in [3.8, 4) is 0 Å². The fourth-order valence-corrected chi connectivity index (χ4v) is 5.01. The first kappa shape index (κ1) is 21.9. The van der Waals surface area contributed by atoms with Crippen molar-refractivity contribution in [1.29, 1.82) is 0 Å². The molecule has 1 fully saturated rings. The summed E-state index contributed by atoms with van der Waals surface area (Å²) in [4.78, 5) is 26.4. The van der Waals surface area contributed by atoms with Gasteiger partial charge in [0.15, 0.2) is 6.04 Å². The molecule has 3 rings (SSSR count). The number of hydrogen-bond donors (Lipinski definition) is 3. The van der Waals surface area contributed by atoms with E-state index in [1.807, 2.05) is 42.5 Å². The molecule has 0 saturated carbocycles. The van der Waals surface area contributed by atoms with Crippen LogP contribution in [0.5, 0.6) is 0 Å². The van der Waals surface area contributed by atoms with Crippen molar-refractivity contribution >= 4 is 35.8 Å². The van der Waals surface area contributed by atoms with Gasteiger partial charge in [0.05, 0.1) is 0 Å². The second-order valence-corrected chi connectivity index (χ2v) is 8.99. The smallest absolute Gasteiger partial charge is 0.331 e. The van der Waals surface area contributed by atoms with Crippen LogP contribution in [0.3, 0.4) is 0 Å². The number of nitrogens with one attached hydrogen (secondary N) is 1. The number of aliphatic carboxylic acids is 1. The van der Waals surface area contributed by atoms with E-state index in [2.05, 4.69) is 17.9 Å². The minimum atomic E-state index is -1.04. The highest BCUT2D eigenvalue weighted by Crippen LogP contribution is 2.28. The van der Waals surface area contributed by atoms with Crippen molar-refractivity contribution in [2.75, 3.05) is 19.0 Å². The van der Waals surface area contributed by atoms with E-state index < -0.39 is 12.0 Å². The highest BCUT2D eigenvalue weighted by molar-refractivity contribution is 7.80. The normalized spacial score (nSPS) is 18.3. The quantitative estimate of drug-likeness (QED) is 0.499. The number of aryl methyl sites for hydroxylation is 1. The number of benzene rings is 1. The molecule has 3 atom stereocenters. The van der Waals surface area contributed by atoms with E-state index in [1.165, 1.54) is 11.3 Å². The molecule has 1 aliphatic heterocycles. The summed E-state index contributed by atoms with van der Waals surface area (Å²) in [6, 6.07) is 12.7. The molecule has 7 heteroatoms. The molecule has 1 aromatic carbocycles. The van der Waals surface area contributed by atoms with Crippen LogP contribution in [0.1, 0.15) is 34.2 Å². The van der Waals surface area contributed by atoms with Gasteiger partial charge in [-0.05, 0) is 49.3 Å². The molecule has 0 aliphatic carbocycles. The van der Waals surface area contributed by atoms with Crippen LogP contribution in [0.25, 0.3) is 0 Å². The molecule has 2 aromatic rings. The van der Waals surface area contributed by atoms with Crippen LogP contribution in [0, 0.1) is 11.8 Å². The summed E-state index contributed by atoms with van der Waals surface area (Å²) in [5, 5.41) is 12.4. The Bertz CT molecular complexity index is 802. The number of rotatable bonds is 10. The Morgan fingerprint density at radius 2 is 2.03 bits per heavy atom. The molecule has 0 bridgehead atoms. The van der Waals surface area contributed by atoms with Crippen molar-refractivity contribution in [2.45, 2.75) is 31.7 Å². The van der Waals surface area contributed by atoms with E-state index in [0.717, 1.165) is 42.9 Å². The molecule has 5 nitrogen and oxygen atoms in total. The second-order valence-electron chi connectivity index (χ2n) is 7.42. The Morgan fingerprint density at radius 3 is 2.69 bits per heavy atom. The first-order chi connectivity index (χ1) is 14.1. The van der Waals surface area contributed by atoms with Crippen molar-refractivity contribution in [3.05, 3.63) is 57.8 Å². The number of carbonyl (C=O) groups is 2. The third kappa shape index (κ3) is 6.32. The van der Waals surface area contributed by atoms with Gasteiger partial charge in [-0.2, -0.15) is 12.6 Å². The van der Waals surface area contributed by atoms with Crippen LogP contribution in [-0.4, -0.2) is 35.9 Å². The van der Waals surface area contributed by atoms with Gasteiger partial charge in [-0.3, -0.25) is 4.79 Å². The first-order valence-corrected chi connectivity index (χ1v) is 11.4. The third-order valence-electron chi connectivity index (χ3n) is 5.23. The Labute approximate surface area is 180 Å². The Balaban J connectivity index is 1.60. The van der Waals surface area contributed by atoms with E-state index in [1.54, 1.807) is 0 Å². The zero-order valence-corrected chi connectivity index (χ0v) is 18.0. The predicted molar refractivity (Wildman–Crippen MR) is 118 cm³/mol. The molecule has 1 amide bonds. The summed E-state index contributed by atoms with van der Waals surface area (Å²) >= 11 is 5.77. The van der Waals surface area contributed by atoms with Gasteiger partial charge in [-0.25, -0.2) is 4.79 Å². The molecule has 2 heterocycles. The molecule has 0 spiro atoms. The number of amides is 1. The topological polar surface area (TPSA) is 75.6 Å². The molecule has 156 valence electrons. The summed E-state index contributed by atoms with van der Waals surface area (Å²) in [5.41, 5.74) is 1.15. The standard InChI is InChI=1S/C22H27NO4S2/c24-21(17(14-28)7-6-15-4-2-1-3-5-15)23-20(22(25)26)19-9-8-18(29-19)12-16-10-11-27-13-16/h1-5,8-9,16-17,20,28H,6-7,10-14H2,(H,23,24)(H,25,26). The molecule has 29 heavy (non-hydrogen) atoms. The molecule has 3 unspecified atom stereocenters. The van der Waals surface area contributed by atoms with Gasteiger partial charge in [-0.15, -0.1) is 11.3 Å². The van der Waals surface area contributed by atoms with Crippen LogP contribution >= 0.6 is 24.0 Å². The zero-order chi connectivity index (χ0) is 20.6. The summed E-state index contributed by atoms with van der Waals surface area (Å²) in [6.45, 7) is 1.56. The van der Waals surface area contributed by atoms with Gasteiger partial charge in [-0.1, -0.05) is 30.3 Å². The lowest BCUT2D eigenvalue weighted by Crippen LogP contribution is -2.38. The number of ether oxygens (including phenoxy) is 1. The van der Waals surface area contributed by atoms with E-state index in [4.69, 9.17) is 4.74 Å². The maximum atomic E-state index is 12.7. The van der Waals surface area contributed by atoms with Gasteiger partial charge in [0, 0.05) is 34.6 Å². The number of carbonyl (C=O) groups excluding carboxylic acids is 1. The summed E-state index contributed by atoms with van der Waals surface area (Å²) < 4.78 is 5.41. The highest BCUT2D eigenvalue weighted by atomic mass is 32.1. The lowest BCUT2D eigenvalue weighted by molar-refractivity contribution is -0.142. The number of carboxylic acids is 1. The molecular weight excluding hydrogens is 406 g/mol. The van der Waals surface area contributed by atoms with Gasteiger partial charge in [0.1, 0.15) is 0 Å². The van der Waals surface area contributed by atoms with Crippen molar-refractivity contribution < 1.29 is 19.4 Å². The zero-order valence-electron chi connectivity index (χ0n) is 16.3. The fraction of sp³-hybridized carbons (Fsp3) is 0.455. The molecule has 1 saturated heterocycles. The monoisotopic (exact) mass is 433 g/mol. The molecule has 2 N–H and O–H groups in total. The van der Waals surface area contributed by atoms with E-state index in [0.29, 0.717) is 23.0 Å². The summed E-state index contributed by atoms with van der Waals surface area (Å²) in [7, 11) is 0. The molecule has 0 radical (unpaired) electrons. The SMILES string of the molecule is O=C(NC(C(=O)O)c1ccc(CC2CCOC2)s1)C(CS)CCc1ccccc1. The van der Waals surface area contributed by atoms with Crippen LogP contribution in [-0.2, 0) is 27.2 Å². The van der Waals surface area contributed by atoms with E-state index in [9.17, 15) is 14.7 Å².